The van der Waals surface area contributed by atoms with Gasteiger partial charge in [0.25, 0.3) is 5.91 Å². The molecule has 114 valence electrons. The molecule has 2 heterocycles. The van der Waals surface area contributed by atoms with Crippen LogP contribution in [0.25, 0.3) is 10.9 Å². The number of pyridine rings is 1. The Labute approximate surface area is 133 Å². The van der Waals surface area contributed by atoms with Crippen molar-refractivity contribution < 1.29 is 14.7 Å². The molecule has 1 aromatic carbocycles. The Balaban J connectivity index is 2.03. The summed E-state index contributed by atoms with van der Waals surface area (Å²) in [6, 6.07) is 5.56. The smallest absolute Gasteiger partial charge is 0.326 e. The molecule has 0 bridgehead atoms. The summed E-state index contributed by atoms with van der Waals surface area (Å²) in [4.78, 5) is 40.1. The second kappa shape index (κ2) is 5.57. The van der Waals surface area contributed by atoms with Gasteiger partial charge in [-0.15, -0.1) is 0 Å². The molecular formula is C15H13BrN2O4. The Morgan fingerprint density at radius 3 is 2.82 bits per heavy atom. The van der Waals surface area contributed by atoms with Gasteiger partial charge in [0.2, 0.25) is 0 Å². The van der Waals surface area contributed by atoms with Gasteiger partial charge in [0.15, 0.2) is 5.43 Å². The minimum absolute atomic E-state index is 0.118. The average molecular weight is 365 g/mol. The van der Waals surface area contributed by atoms with Crippen LogP contribution in [0.5, 0.6) is 0 Å². The normalized spacial score (nSPS) is 17.9. The molecule has 1 atom stereocenters. The first kappa shape index (κ1) is 14.8. The van der Waals surface area contributed by atoms with Crippen LogP contribution in [-0.2, 0) is 4.79 Å². The van der Waals surface area contributed by atoms with Crippen molar-refractivity contribution in [2.24, 2.45) is 0 Å². The summed E-state index contributed by atoms with van der Waals surface area (Å²) in [7, 11) is 0. The molecule has 7 heteroatoms. The third-order valence-corrected chi connectivity index (χ3v) is 4.31. The van der Waals surface area contributed by atoms with Crippen molar-refractivity contribution >= 4 is 38.7 Å². The lowest BCUT2D eigenvalue weighted by Gasteiger charge is -2.21. The van der Waals surface area contributed by atoms with Crippen molar-refractivity contribution in [2.45, 2.75) is 18.9 Å². The summed E-state index contributed by atoms with van der Waals surface area (Å²) >= 11 is 3.30. The second-order valence-electron chi connectivity index (χ2n) is 5.23. The van der Waals surface area contributed by atoms with E-state index >= 15 is 0 Å². The van der Waals surface area contributed by atoms with Crippen LogP contribution >= 0.6 is 15.9 Å². The van der Waals surface area contributed by atoms with Crippen molar-refractivity contribution in [3.05, 3.63) is 44.7 Å². The molecule has 1 unspecified atom stereocenters. The minimum atomic E-state index is -1.02. The van der Waals surface area contributed by atoms with Crippen LogP contribution in [0.1, 0.15) is 23.3 Å². The first-order valence-electron chi connectivity index (χ1n) is 6.84. The van der Waals surface area contributed by atoms with Crippen molar-refractivity contribution in [3.8, 4) is 0 Å². The Morgan fingerprint density at radius 2 is 2.09 bits per heavy atom. The molecule has 0 aliphatic carbocycles. The fourth-order valence-electron chi connectivity index (χ4n) is 2.76. The highest BCUT2D eigenvalue weighted by atomic mass is 79.9. The van der Waals surface area contributed by atoms with Gasteiger partial charge in [-0.05, 0) is 31.0 Å². The molecule has 0 spiro atoms. The number of nitrogens with one attached hydrogen (secondary N) is 1. The summed E-state index contributed by atoms with van der Waals surface area (Å²) in [6.45, 7) is 0.385. The highest BCUT2D eigenvalue weighted by Gasteiger charge is 2.34. The fourth-order valence-corrected chi connectivity index (χ4v) is 3.12. The molecular weight excluding hydrogens is 352 g/mol. The number of carboxylic acids is 1. The predicted molar refractivity (Wildman–Crippen MR) is 84.0 cm³/mol. The summed E-state index contributed by atoms with van der Waals surface area (Å²) in [5.41, 5.74) is 0.391. The third kappa shape index (κ3) is 2.52. The molecule has 1 amide bonds. The molecule has 0 radical (unpaired) electrons. The quantitative estimate of drug-likeness (QED) is 0.852. The standard InChI is InChI=1S/C15H13BrN2O4/c16-8-3-4-10-9(6-8)13(19)7-11(17-10)14(20)18-5-1-2-12(18)15(21)22/h3-4,6-7,12H,1-2,5H2,(H,17,19)(H,21,22). The number of carboxylic acid groups (broad SMARTS) is 1. The number of aromatic amines is 1. The third-order valence-electron chi connectivity index (χ3n) is 3.82. The molecule has 3 rings (SSSR count). The number of hydrogen-bond acceptors (Lipinski definition) is 3. The first-order valence-corrected chi connectivity index (χ1v) is 7.63. The monoisotopic (exact) mass is 364 g/mol. The number of H-pyrrole nitrogens is 1. The first-order chi connectivity index (χ1) is 10.5. The highest BCUT2D eigenvalue weighted by Crippen LogP contribution is 2.21. The van der Waals surface area contributed by atoms with Gasteiger partial charge < -0.3 is 15.0 Å². The predicted octanol–water partition coefficient (Wildman–Crippen LogP) is 1.98. The molecule has 2 N–H and O–H groups in total. The molecule has 1 aromatic heterocycles. The van der Waals surface area contributed by atoms with E-state index in [1.54, 1.807) is 18.2 Å². The van der Waals surface area contributed by atoms with Crippen LogP contribution in [0.3, 0.4) is 0 Å². The van der Waals surface area contributed by atoms with E-state index in [2.05, 4.69) is 20.9 Å². The number of benzene rings is 1. The van der Waals surface area contributed by atoms with Gasteiger partial charge in [-0.1, -0.05) is 15.9 Å². The Morgan fingerprint density at radius 1 is 1.32 bits per heavy atom. The SMILES string of the molecule is O=C(O)C1CCCN1C(=O)c1cc(=O)c2cc(Br)ccc2[nH]1. The van der Waals surface area contributed by atoms with Gasteiger partial charge >= 0.3 is 5.97 Å². The minimum Gasteiger partial charge on any atom is -0.480 e. The zero-order valence-corrected chi connectivity index (χ0v) is 13.1. The van der Waals surface area contributed by atoms with E-state index in [1.807, 2.05) is 0 Å². The van der Waals surface area contributed by atoms with Gasteiger partial charge in [0.1, 0.15) is 11.7 Å². The number of aromatic nitrogens is 1. The molecule has 1 aliphatic rings. The maximum absolute atomic E-state index is 12.5. The fraction of sp³-hybridized carbons (Fsp3) is 0.267. The number of amides is 1. The Kier molecular flexibility index (Phi) is 3.74. The van der Waals surface area contributed by atoms with E-state index in [-0.39, 0.29) is 11.1 Å². The lowest BCUT2D eigenvalue weighted by atomic mass is 10.1. The Bertz CT molecular complexity index is 830. The number of hydrogen-bond donors (Lipinski definition) is 2. The number of halogens is 1. The topological polar surface area (TPSA) is 90.5 Å². The average Bonchev–Trinajstić information content (AvgIpc) is 2.96. The second-order valence-corrected chi connectivity index (χ2v) is 6.15. The lowest BCUT2D eigenvalue weighted by Crippen LogP contribution is -2.41. The van der Waals surface area contributed by atoms with Gasteiger partial charge in [0.05, 0.1) is 0 Å². The maximum Gasteiger partial charge on any atom is 0.326 e. The van der Waals surface area contributed by atoms with Crippen LogP contribution < -0.4 is 5.43 Å². The molecule has 1 aliphatic heterocycles. The number of aliphatic carboxylic acids is 1. The van der Waals surface area contributed by atoms with Crippen molar-refractivity contribution in [1.82, 2.24) is 9.88 Å². The lowest BCUT2D eigenvalue weighted by molar-refractivity contribution is -0.141. The van der Waals surface area contributed by atoms with Crippen molar-refractivity contribution in [1.29, 1.82) is 0 Å². The number of carbonyl (C=O) groups excluding carboxylic acids is 1. The van der Waals surface area contributed by atoms with E-state index in [9.17, 15) is 14.4 Å². The molecule has 6 nitrogen and oxygen atoms in total. The zero-order chi connectivity index (χ0) is 15.9. The van der Waals surface area contributed by atoms with E-state index in [1.165, 1.54) is 11.0 Å². The number of likely N-dealkylation sites (tertiary alicyclic amines) is 1. The van der Waals surface area contributed by atoms with Gasteiger partial charge in [0, 0.05) is 28.0 Å². The molecule has 1 saturated heterocycles. The van der Waals surface area contributed by atoms with Crippen LogP contribution in [0.4, 0.5) is 0 Å². The van der Waals surface area contributed by atoms with Gasteiger partial charge in [-0.3, -0.25) is 9.59 Å². The number of rotatable bonds is 2. The number of carbonyl (C=O) groups is 2. The number of nitrogens with zero attached hydrogens (tertiary/aromatic N) is 1. The highest BCUT2D eigenvalue weighted by molar-refractivity contribution is 9.10. The van der Waals surface area contributed by atoms with Gasteiger partial charge in [-0.2, -0.15) is 0 Å². The molecule has 0 saturated carbocycles. The van der Waals surface area contributed by atoms with E-state index < -0.39 is 17.9 Å². The summed E-state index contributed by atoms with van der Waals surface area (Å²) in [5, 5.41) is 9.64. The molecule has 22 heavy (non-hydrogen) atoms. The van der Waals surface area contributed by atoms with Gasteiger partial charge in [-0.25, -0.2) is 4.79 Å². The maximum atomic E-state index is 12.5. The zero-order valence-electron chi connectivity index (χ0n) is 11.5. The summed E-state index contributed by atoms with van der Waals surface area (Å²) in [6.07, 6.45) is 1.08. The van der Waals surface area contributed by atoms with Crippen LogP contribution in [0.15, 0.2) is 33.5 Å². The van der Waals surface area contributed by atoms with Crippen molar-refractivity contribution in [3.63, 3.8) is 0 Å². The van der Waals surface area contributed by atoms with E-state index in [4.69, 9.17) is 5.11 Å². The molecule has 2 aromatic rings. The summed E-state index contributed by atoms with van der Waals surface area (Å²) < 4.78 is 0.773. The largest absolute Gasteiger partial charge is 0.480 e. The van der Waals surface area contributed by atoms with Crippen molar-refractivity contribution in [2.75, 3.05) is 6.54 Å². The summed E-state index contributed by atoms with van der Waals surface area (Å²) in [5.74, 6) is -1.47. The van der Waals surface area contributed by atoms with Crippen LogP contribution in [-0.4, -0.2) is 39.5 Å². The molecule has 1 fully saturated rings. The van der Waals surface area contributed by atoms with E-state index in [0.717, 1.165) is 4.47 Å². The van der Waals surface area contributed by atoms with E-state index in [0.29, 0.717) is 30.3 Å². The van der Waals surface area contributed by atoms with Crippen LogP contribution in [0, 0.1) is 0 Å². The Hall–Kier alpha value is -2.15. The number of fused-ring (bicyclic) bond motifs is 1. The van der Waals surface area contributed by atoms with Crippen LogP contribution in [0.2, 0.25) is 0 Å².